The molecule has 8 nitrogen and oxygen atoms in total. The standard InChI is InChI=1S/C25H25NO7/c1-5-31-24(28)16-7-6-8-18(9-16)26-12-17-10-19-14(2)20(11-21(27)30-4)25(29)33-23(19)15(3)22(17)32-13-26/h6-10H,5,11-13H2,1-4H3. The quantitative estimate of drug-likeness (QED) is 0.428. The summed E-state index contributed by atoms with van der Waals surface area (Å²) in [5, 5.41) is 0.746. The van der Waals surface area contributed by atoms with Gasteiger partial charge in [0, 0.05) is 28.7 Å². The van der Waals surface area contributed by atoms with Crippen molar-refractivity contribution in [1.82, 2.24) is 0 Å². The van der Waals surface area contributed by atoms with Crippen LogP contribution in [0.2, 0.25) is 0 Å². The van der Waals surface area contributed by atoms with Gasteiger partial charge in [0.05, 0.1) is 31.3 Å². The van der Waals surface area contributed by atoms with Crippen LogP contribution >= 0.6 is 0 Å². The van der Waals surface area contributed by atoms with Crippen LogP contribution in [0.15, 0.2) is 39.5 Å². The van der Waals surface area contributed by atoms with Crippen molar-refractivity contribution in [2.45, 2.75) is 33.7 Å². The SMILES string of the molecule is CCOC(=O)c1cccc(N2COc3c(cc4c(C)c(CC(=O)OC)c(=O)oc4c3C)C2)c1. The van der Waals surface area contributed by atoms with Gasteiger partial charge in [0.15, 0.2) is 6.73 Å². The van der Waals surface area contributed by atoms with Gasteiger partial charge >= 0.3 is 17.6 Å². The van der Waals surface area contributed by atoms with Crippen molar-refractivity contribution in [3.05, 3.63) is 68.6 Å². The lowest BCUT2D eigenvalue weighted by Gasteiger charge is -2.32. The first-order valence-corrected chi connectivity index (χ1v) is 10.6. The topological polar surface area (TPSA) is 95.3 Å². The molecule has 0 atom stereocenters. The number of aryl methyl sites for hydroxylation is 2. The number of anilines is 1. The van der Waals surface area contributed by atoms with E-state index in [9.17, 15) is 14.4 Å². The molecule has 172 valence electrons. The average molecular weight is 451 g/mol. The monoisotopic (exact) mass is 451 g/mol. The smallest absolute Gasteiger partial charge is 0.340 e. The van der Waals surface area contributed by atoms with Crippen LogP contribution in [-0.2, 0) is 27.2 Å². The number of fused-ring (bicyclic) bond motifs is 2. The summed E-state index contributed by atoms with van der Waals surface area (Å²) in [4.78, 5) is 38.4. The molecule has 4 rings (SSSR count). The molecular weight excluding hydrogens is 426 g/mol. The number of benzene rings is 2. The van der Waals surface area contributed by atoms with E-state index in [4.69, 9.17) is 18.6 Å². The fourth-order valence-electron chi connectivity index (χ4n) is 4.07. The van der Waals surface area contributed by atoms with Crippen LogP contribution in [0.5, 0.6) is 5.75 Å². The van der Waals surface area contributed by atoms with Crippen molar-refractivity contribution in [1.29, 1.82) is 0 Å². The van der Waals surface area contributed by atoms with E-state index >= 15 is 0 Å². The maximum absolute atomic E-state index is 12.5. The summed E-state index contributed by atoms with van der Waals surface area (Å²) in [6, 6.07) is 9.13. The van der Waals surface area contributed by atoms with Crippen molar-refractivity contribution in [3.63, 3.8) is 0 Å². The zero-order valence-electron chi connectivity index (χ0n) is 19.0. The molecule has 3 aromatic rings. The average Bonchev–Trinajstić information content (AvgIpc) is 2.82. The van der Waals surface area contributed by atoms with E-state index in [1.165, 1.54) is 7.11 Å². The number of carbonyl (C=O) groups excluding carboxylic acids is 2. The van der Waals surface area contributed by atoms with Gasteiger partial charge in [0.25, 0.3) is 0 Å². The molecule has 0 spiro atoms. The Morgan fingerprint density at radius 3 is 2.67 bits per heavy atom. The third kappa shape index (κ3) is 4.16. The summed E-state index contributed by atoms with van der Waals surface area (Å²) in [7, 11) is 1.28. The van der Waals surface area contributed by atoms with Gasteiger partial charge in [-0.2, -0.15) is 0 Å². The second-order valence-corrected chi connectivity index (χ2v) is 7.85. The zero-order chi connectivity index (χ0) is 23.7. The van der Waals surface area contributed by atoms with E-state index in [0.717, 1.165) is 22.2 Å². The molecule has 0 aliphatic carbocycles. The predicted octanol–water partition coefficient (Wildman–Crippen LogP) is 3.66. The summed E-state index contributed by atoms with van der Waals surface area (Å²) in [6.07, 6.45) is -0.153. The molecule has 1 aliphatic heterocycles. The lowest BCUT2D eigenvalue weighted by molar-refractivity contribution is -0.139. The Morgan fingerprint density at radius 1 is 1.15 bits per heavy atom. The Morgan fingerprint density at radius 2 is 1.94 bits per heavy atom. The summed E-state index contributed by atoms with van der Waals surface area (Å²) < 4.78 is 21.4. The van der Waals surface area contributed by atoms with Gasteiger partial charge < -0.3 is 23.5 Å². The van der Waals surface area contributed by atoms with E-state index in [1.54, 1.807) is 32.0 Å². The molecule has 0 N–H and O–H groups in total. The molecule has 8 heteroatoms. The lowest BCUT2D eigenvalue weighted by atomic mass is 9.97. The molecule has 0 fully saturated rings. The highest BCUT2D eigenvalue weighted by molar-refractivity contribution is 5.91. The van der Waals surface area contributed by atoms with E-state index in [1.807, 2.05) is 24.0 Å². The highest BCUT2D eigenvalue weighted by Gasteiger charge is 2.25. The van der Waals surface area contributed by atoms with Gasteiger partial charge in [-0.25, -0.2) is 9.59 Å². The minimum atomic E-state index is -0.554. The fraction of sp³-hybridized carbons (Fsp3) is 0.320. The van der Waals surface area contributed by atoms with Crippen molar-refractivity contribution >= 4 is 28.6 Å². The third-order valence-electron chi connectivity index (χ3n) is 5.83. The molecule has 0 saturated heterocycles. The summed E-state index contributed by atoms with van der Waals surface area (Å²) in [5.41, 5.74) is 3.79. The van der Waals surface area contributed by atoms with Crippen LogP contribution in [0.3, 0.4) is 0 Å². The number of carbonyl (C=O) groups is 2. The van der Waals surface area contributed by atoms with E-state index < -0.39 is 11.6 Å². The van der Waals surface area contributed by atoms with Gasteiger partial charge in [-0.3, -0.25) is 4.79 Å². The molecule has 0 bridgehead atoms. The van der Waals surface area contributed by atoms with Gasteiger partial charge in [-0.15, -0.1) is 0 Å². The first kappa shape index (κ1) is 22.4. The molecule has 0 saturated carbocycles. The number of hydrogen-bond acceptors (Lipinski definition) is 8. The molecule has 0 unspecified atom stereocenters. The van der Waals surface area contributed by atoms with Crippen LogP contribution in [0.1, 0.15) is 39.5 Å². The largest absolute Gasteiger partial charge is 0.472 e. The highest BCUT2D eigenvalue weighted by atomic mass is 16.5. The van der Waals surface area contributed by atoms with Crippen LogP contribution in [0, 0.1) is 13.8 Å². The number of esters is 2. The number of ether oxygens (including phenoxy) is 3. The van der Waals surface area contributed by atoms with E-state index in [-0.39, 0.29) is 24.7 Å². The second kappa shape index (κ2) is 8.97. The maximum atomic E-state index is 12.5. The van der Waals surface area contributed by atoms with Gasteiger partial charge in [-0.1, -0.05) is 6.07 Å². The maximum Gasteiger partial charge on any atom is 0.340 e. The van der Waals surface area contributed by atoms with Gasteiger partial charge in [0.2, 0.25) is 0 Å². The molecule has 33 heavy (non-hydrogen) atoms. The summed E-state index contributed by atoms with van der Waals surface area (Å²) in [6.45, 7) is 6.53. The molecule has 2 heterocycles. The summed E-state index contributed by atoms with van der Waals surface area (Å²) in [5.74, 6) is -0.206. The second-order valence-electron chi connectivity index (χ2n) is 7.85. The highest BCUT2D eigenvalue weighted by Crippen LogP contribution is 2.37. The van der Waals surface area contributed by atoms with Crippen LogP contribution in [0.4, 0.5) is 5.69 Å². The number of nitrogens with zero attached hydrogens (tertiary/aromatic N) is 1. The normalized spacial score (nSPS) is 12.8. The molecule has 0 radical (unpaired) electrons. The van der Waals surface area contributed by atoms with Crippen LogP contribution in [-0.4, -0.2) is 32.4 Å². The Bertz CT molecular complexity index is 1310. The Kier molecular flexibility index (Phi) is 6.09. The van der Waals surface area contributed by atoms with E-state index in [0.29, 0.717) is 35.6 Å². The van der Waals surface area contributed by atoms with Crippen molar-refractivity contribution in [3.8, 4) is 5.75 Å². The van der Waals surface area contributed by atoms with Gasteiger partial charge in [-0.05, 0) is 50.6 Å². The zero-order valence-corrected chi connectivity index (χ0v) is 19.0. The number of hydrogen-bond donors (Lipinski definition) is 0. The minimum absolute atomic E-state index is 0.153. The van der Waals surface area contributed by atoms with Crippen LogP contribution in [0.25, 0.3) is 11.0 Å². The molecule has 1 aromatic heterocycles. The van der Waals surface area contributed by atoms with Crippen LogP contribution < -0.4 is 15.3 Å². The molecular formula is C25H25NO7. The number of methoxy groups -OCH3 is 1. The molecule has 1 aliphatic rings. The number of rotatable bonds is 5. The van der Waals surface area contributed by atoms with Crippen molar-refractivity contribution in [2.75, 3.05) is 25.3 Å². The first-order valence-electron chi connectivity index (χ1n) is 10.6. The summed E-state index contributed by atoms with van der Waals surface area (Å²) >= 11 is 0. The van der Waals surface area contributed by atoms with Crippen molar-refractivity contribution < 1.29 is 28.2 Å². The molecule has 0 amide bonds. The van der Waals surface area contributed by atoms with Crippen molar-refractivity contribution in [2.24, 2.45) is 0 Å². The fourth-order valence-corrected chi connectivity index (χ4v) is 4.07. The van der Waals surface area contributed by atoms with E-state index in [2.05, 4.69) is 0 Å². The van der Waals surface area contributed by atoms with Gasteiger partial charge in [0.1, 0.15) is 11.3 Å². The minimum Gasteiger partial charge on any atom is -0.472 e. The Hall–Kier alpha value is -3.81. The third-order valence-corrected chi connectivity index (χ3v) is 5.83. The Labute approximate surface area is 190 Å². The first-order chi connectivity index (χ1) is 15.8. The Balaban J connectivity index is 1.74. The predicted molar refractivity (Wildman–Crippen MR) is 122 cm³/mol. The lowest BCUT2D eigenvalue weighted by Crippen LogP contribution is -2.32. The molecule has 2 aromatic carbocycles.